The van der Waals surface area contributed by atoms with Gasteiger partial charge in [-0.15, -0.1) is 0 Å². The molecule has 0 unspecified atom stereocenters. The summed E-state index contributed by atoms with van der Waals surface area (Å²) in [5, 5.41) is 6.01. The Labute approximate surface area is 278 Å². The summed E-state index contributed by atoms with van der Waals surface area (Å²) in [6.07, 6.45) is 2.04. The van der Waals surface area contributed by atoms with Crippen LogP contribution < -0.4 is 0 Å². The van der Waals surface area contributed by atoms with Crippen LogP contribution in [-0.4, -0.2) is 14.5 Å². The van der Waals surface area contributed by atoms with Crippen LogP contribution in [0.15, 0.2) is 152 Å². The number of nitrogens with zero attached hydrogens (tertiary/aromatic N) is 3. The van der Waals surface area contributed by atoms with Crippen molar-refractivity contribution in [1.82, 2.24) is 14.5 Å². The van der Waals surface area contributed by atoms with Crippen molar-refractivity contribution in [2.45, 2.75) is 19.3 Å². The summed E-state index contributed by atoms with van der Waals surface area (Å²) >= 11 is 0. The van der Waals surface area contributed by atoms with E-state index in [0.717, 1.165) is 33.6 Å². The molecule has 0 radical (unpaired) electrons. The zero-order chi connectivity index (χ0) is 32.0. The maximum atomic E-state index is 5.45. The van der Waals surface area contributed by atoms with Crippen LogP contribution in [-0.2, 0) is 5.41 Å². The van der Waals surface area contributed by atoms with Gasteiger partial charge in [-0.05, 0) is 67.7 Å². The van der Waals surface area contributed by atoms with Gasteiger partial charge in [0.05, 0.1) is 22.9 Å². The molecule has 7 aromatic carbocycles. The topological polar surface area (TPSA) is 30.7 Å². The molecule has 0 saturated carbocycles. The van der Waals surface area contributed by atoms with Crippen molar-refractivity contribution in [1.29, 1.82) is 0 Å². The summed E-state index contributed by atoms with van der Waals surface area (Å²) in [7, 11) is 0. The molecule has 2 aromatic heterocycles. The van der Waals surface area contributed by atoms with Crippen LogP contribution in [0.3, 0.4) is 0 Å². The Bertz CT molecular complexity index is 2750. The van der Waals surface area contributed by atoms with Crippen LogP contribution in [0.4, 0.5) is 0 Å². The molecule has 0 fully saturated rings. The second-order valence-electron chi connectivity index (χ2n) is 13.4. The Morgan fingerprint density at radius 3 is 2.15 bits per heavy atom. The molecule has 226 valence electrons. The fourth-order valence-corrected chi connectivity index (χ4v) is 8.22. The Morgan fingerprint density at radius 2 is 1.27 bits per heavy atom. The van der Waals surface area contributed by atoms with E-state index in [1.807, 2.05) is 6.20 Å². The average molecular weight is 614 g/mol. The predicted octanol–water partition coefficient (Wildman–Crippen LogP) is 11.5. The minimum absolute atomic E-state index is 0.197. The molecule has 0 amide bonds. The summed E-state index contributed by atoms with van der Waals surface area (Å²) < 4.78 is 2.39. The Hall–Kier alpha value is -6.06. The van der Waals surface area contributed by atoms with Crippen molar-refractivity contribution in [2.24, 2.45) is 0 Å². The molecule has 1 aliphatic rings. The fraction of sp³-hybridized carbons (Fsp3) is 0.0667. The molecule has 10 rings (SSSR count). The number of fused-ring (bicyclic) bond motifs is 9. The van der Waals surface area contributed by atoms with Gasteiger partial charge in [-0.2, -0.15) is 0 Å². The van der Waals surface area contributed by atoms with E-state index in [9.17, 15) is 0 Å². The van der Waals surface area contributed by atoms with E-state index in [1.165, 1.54) is 60.3 Å². The van der Waals surface area contributed by atoms with Gasteiger partial charge in [-0.1, -0.05) is 141 Å². The van der Waals surface area contributed by atoms with E-state index in [1.54, 1.807) is 0 Å². The van der Waals surface area contributed by atoms with Crippen LogP contribution in [0.5, 0.6) is 0 Å². The summed E-state index contributed by atoms with van der Waals surface area (Å²) in [4.78, 5) is 10.5. The molecule has 2 heterocycles. The molecule has 0 bridgehead atoms. The number of aromatic nitrogens is 3. The minimum Gasteiger partial charge on any atom is -0.306 e. The van der Waals surface area contributed by atoms with Gasteiger partial charge in [0.2, 0.25) is 0 Å². The lowest BCUT2D eigenvalue weighted by Crippen LogP contribution is -2.15. The maximum Gasteiger partial charge on any atom is 0.159 e. The first-order valence-electron chi connectivity index (χ1n) is 16.6. The first kappa shape index (κ1) is 27.1. The minimum atomic E-state index is -0.197. The van der Waals surface area contributed by atoms with Crippen molar-refractivity contribution < 1.29 is 0 Å². The Morgan fingerprint density at radius 1 is 0.542 bits per heavy atom. The van der Waals surface area contributed by atoms with Gasteiger partial charge >= 0.3 is 0 Å². The third-order valence-corrected chi connectivity index (χ3v) is 10.4. The smallest absolute Gasteiger partial charge is 0.159 e. The van der Waals surface area contributed by atoms with Crippen molar-refractivity contribution in [3.05, 3.63) is 163 Å². The third-order valence-electron chi connectivity index (χ3n) is 10.4. The maximum absolute atomic E-state index is 5.45. The highest BCUT2D eigenvalue weighted by atomic mass is 15.0. The Balaban J connectivity index is 1.31. The average Bonchev–Trinajstić information content (AvgIpc) is 3.59. The van der Waals surface area contributed by atoms with Crippen molar-refractivity contribution >= 4 is 43.5 Å². The highest BCUT2D eigenvalue weighted by Crippen LogP contribution is 2.53. The monoisotopic (exact) mass is 613 g/mol. The summed E-state index contributed by atoms with van der Waals surface area (Å²) in [5.74, 6) is 0.738. The number of benzene rings is 7. The highest BCUT2D eigenvalue weighted by Gasteiger charge is 2.38. The molecular formula is C45H31N3. The quantitative estimate of drug-likeness (QED) is 0.198. The fourth-order valence-electron chi connectivity index (χ4n) is 8.22. The van der Waals surface area contributed by atoms with E-state index >= 15 is 0 Å². The number of hydrogen-bond acceptors (Lipinski definition) is 2. The summed E-state index contributed by atoms with van der Waals surface area (Å²) in [5.41, 5.74) is 12.8. The van der Waals surface area contributed by atoms with Crippen LogP contribution in [0.25, 0.3) is 82.8 Å². The SMILES string of the molecule is CC1(C)c2ccccc2-c2ccc3c(c21)c1nc(-c2ccc4ccccc4c2)ncc1n3-c1ccc(-c2ccccc2)c2ccccc12. The second-order valence-corrected chi connectivity index (χ2v) is 13.4. The molecule has 48 heavy (non-hydrogen) atoms. The summed E-state index contributed by atoms with van der Waals surface area (Å²) in [6.45, 7) is 4.71. The van der Waals surface area contributed by atoms with Crippen LogP contribution in [0.1, 0.15) is 25.0 Å². The van der Waals surface area contributed by atoms with Gasteiger partial charge in [-0.25, -0.2) is 9.97 Å². The molecule has 1 aliphatic carbocycles. The Kier molecular flexibility index (Phi) is 5.63. The van der Waals surface area contributed by atoms with Crippen LogP contribution in [0, 0.1) is 0 Å². The van der Waals surface area contributed by atoms with E-state index in [0.29, 0.717) is 0 Å². The van der Waals surface area contributed by atoms with Gasteiger partial charge in [-0.3, -0.25) is 0 Å². The third kappa shape index (κ3) is 3.76. The molecule has 3 nitrogen and oxygen atoms in total. The predicted molar refractivity (Wildman–Crippen MR) is 200 cm³/mol. The second kappa shape index (κ2) is 9.97. The lowest BCUT2D eigenvalue weighted by Gasteiger charge is -2.22. The van der Waals surface area contributed by atoms with E-state index in [-0.39, 0.29) is 5.41 Å². The number of hydrogen-bond donors (Lipinski definition) is 0. The van der Waals surface area contributed by atoms with Gasteiger partial charge in [0.1, 0.15) is 5.52 Å². The molecule has 0 saturated heterocycles. The van der Waals surface area contributed by atoms with Crippen LogP contribution in [0.2, 0.25) is 0 Å². The van der Waals surface area contributed by atoms with Gasteiger partial charge in [0, 0.05) is 21.8 Å². The molecule has 0 N–H and O–H groups in total. The largest absolute Gasteiger partial charge is 0.306 e. The van der Waals surface area contributed by atoms with Crippen molar-refractivity contribution in [3.63, 3.8) is 0 Å². The van der Waals surface area contributed by atoms with Crippen molar-refractivity contribution in [3.8, 4) is 39.3 Å². The number of rotatable bonds is 3. The molecule has 3 heteroatoms. The normalized spacial score (nSPS) is 13.4. The molecule has 0 atom stereocenters. The molecule has 9 aromatic rings. The lowest BCUT2D eigenvalue weighted by molar-refractivity contribution is 0.666. The standard InChI is InChI=1S/C45H31N3/c1-45(2)37-19-11-10-17-34(37)36-23-25-39-41(42(36)45)43-40(27-46-44(47-43)31-21-20-28-12-6-7-15-30(28)26-31)48(39)38-24-22-32(29-13-4-3-5-14-29)33-16-8-9-18-35(33)38/h3-27H,1-2H3. The zero-order valence-corrected chi connectivity index (χ0v) is 26.8. The van der Waals surface area contributed by atoms with Crippen molar-refractivity contribution in [2.75, 3.05) is 0 Å². The molecule has 0 spiro atoms. The van der Waals surface area contributed by atoms with E-state index < -0.39 is 0 Å². The van der Waals surface area contributed by atoms with Gasteiger partial charge < -0.3 is 4.57 Å². The highest BCUT2D eigenvalue weighted by molar-refractivity contribution is 6.14. The molecular weight excluding hydrogens is 583 g/mol. The zero-order valence-electron chi connectivity index (χ0n) is 26.8. The van der Waals surface area contributed by atoms with Gasteiger partial charge in [0.25, 0.3) is 0 Å². The van der Waals surface area contributed by atoms with E-state index in [4.69, 9.17) is 9.97 Å². The molecule has 0 aliphatic heterocycles. The van der Waals surface area contributed by atoms with E-state index in [2.05, 4.69) is 164 Å². The lowest BCUT2D eigenvalue weighted by atomic mass is 9.81. The first-order chi connectivity index (χ1) is 23.6. The first-order valence-corrected chi connectivity index (χ1v) is 16.6. The van der Waals surface area contributed by atoms with Gasteiger partial charge in [0.15, 0.2) is 5.82 Å². The van der Waals surface area contributed by atoms with Crippen LogP contribution >= 0.6 is 0 Å². The summed E-state index contributed by atoms with van der Waals surface area (Å²) in [6, 6.07) is 52.4.